The van der Waals surface area contributed by atoms with Crippen molar-refractivity contribution in [2.75, 3.05) is 26.2 Å². The van der Waals surface area contributed by atoms with Crippen LogP contribution < -0.4 is 5.73 Å². The second-order valence-corrected chi connectivity index (χ2v) is 5.51. The Morgan fingerprint density at radius 2 is 1.70 bits per heavy atom. The van der Waals surface area contributed by atoms with Gasteiger partial charge in [-0.15, -0.1) is 0 Å². The Labute approximate surface area is 117 Å². The number of hydrogen-bond acceptors (Lipinski definition) is 2. The fourth-order valence-corrected chi connectivity index (χ4v) is 2.72. The molecule has 1 unspecified atom stereocenters. The first-order valence-electron chi connectivity index (χ1n) is 7.07. The minimum Gasteiger partial charge on any atom is -0.330 e. The highest BCUT2D eigenvalue weighted by molar-refractivity contribution is 5.25. The van der Waals surface area contributed by atoms with Crippen molar-refractivity contribution in [2.45, 2.75) is 25.4 Å². The summed E-state index contributed by atoms with van der Waals surface area (Å²) < 4.78 is 37.5. The van der Waals surface area contributed by atoms with E-state index in [1.54, 1.807) is 12.1 Å². The molecule has 1 aromatic rings. The van der Waals surface area contributed by atoms with E-state index < -0.39 is 11.7 Å². The molecule has 0 aromatic heterocycles. The normalized spacial score (nSPS) is 18.4. The van der Waals surface area contributed by atoms with Crippen molar-refractivity contribution < 1.29 is 13.2 Å². The van der Waals surface area contributed by atoms with Gasteiger partial charge in [0.1, 0.15) is 0 Å². The van der Waals surface area contributed by atoms with E-state index in [9.17, 15) is 13.2 Å². The molecule has 5 heteroatoms. The summed E-state index contributed by atoms with van der Waals surface area (Å²) in [6, 6.07) is 5.43. The molecule has 1 atom stereocenters. The molecule has 2 rings (SSSR count). The summed E-state index contributed by atoms with van der Waals surface area (Å²) in [6.45, 7) is 3.74. The van der Waals surface area contributed by atoms with Crippen molar-refractivity contribution in [3.8, 4) is 0 Å². The van der Waals surface area contributed by atoms with Crippen LogP contribution in [-0.2, 0) is 12.6 Å². The monoisotopic (exact) mass is 286 g/mol. The Bertz CT molecular complexity index is 408. The third kappa shape index (κ3) is 4.21. The van der Waals surface area contributed by atoms with Crippen LogP contribution in [0.3, 0.4) is 0 Å². The first-order chi connectivity index (χ1) is 9.49. The number of benzene rings is 1. The molecular formula is C15H21F3N2. The maximum absolute atomic E-state index is 12.5. The van der Waals surface area contributed by atoms with Crippen LogP contribution in [0.2, 0.25) is 0 Å². The summed E-state index contributed by atoms with van der Waals surface area (Å²) in [5.41, 5.74) is 6.12. The first kappa shape index (κ1) is 15.3. The standard InChI is InChI=1S/C15H21F3N2/c16-15(17,18)14-5-3-12(4-6-14)9-13(10-19)11-20-7-1-2-8-20/h3-6,13H,1-2,7-11,19H2. The summed E-state index contributed by atoms with van der Waals surface area (Å²) in [7, 11) is 0. The number of nitrogens with two attached hydrogens (primary N) is 1. The molecule has 1 fully saturated rings. The summed E-state index contributed by atoms with van der Waals surface area (Å²) in [4.78, 5) is 2.39. The van der Waals surface area contributed by atoms with E-state index in [1.807, 2.05) is 0 Å². The first-order valence-corrected chi connectivity index (χ1v) is 7.07. The van der Waals surface area contributed by atoms with Crippen LogP contribution in [0.5, 0.6) is 0 Å². The minimum absolute atomic E-state index is 0.310. The molecule has 0 saturated carbocycles. The number of halogens is 3. The van der Waals surface area contributed by atoms with E-state index in [-0.39, 0.29) is 0 Å². The van der Waals surface area contributed by atoms with Gasteiger partial charge in [0.2, 0.25) is 0 Å². The van der Waals surface area contributed by atoms with Gasteiger partial charge in [-0.05, 0) is 62.5 Å². The van der Waals surface area contributed by atoms with Crippen LogP contribution in [0.1, 0.15) is 24.0 Å². The zero-order valence-electron chi connectivity index (χ0n) is 11.5. The molecule has 1 aliphatic rings. The van der Waals surface area contributed by atoms with Gasteiger partial charge in [-0.3, -0.25) is 0 Å². The number of likely N-dealkylation sites (tertiary alicyclic amines) is 1. The fraction of sp³-hybridized carbons (Fsp3) is 0.600. The van der Waals surface area contributed by atoms with E-state index in [1.165, 1.54) is 12.8 Å². The fourth-order valence-electron chi connectivity index (χ4n) is 2.72. The van der Waals surface area contributed by atoms with Crippen LogP contribution in [-0.4, -0.2) is 31.1 Å². The lowest BCUT2D eigenvalue weighted by Crippen LogP contribution is -2.32. The van der Waals surface area contributed by atoms with Gasteiger partial charge in [-0.1, -0.05) is 12.1 Å². The quantitative estimate of drug-likeness (QED) is 0.902. The topological polar surface area (TPSA) is 29.3 Å². The minimum atomic E-state index is -4.26. The molecule has 0 radical (unpaired) electrons. The average Bonchev–Trinajstić information content (AvgIpc) is 2.90. The van der Waals surface area contributed by atoms with Crippen molar-refractivity contribution in [3.05, 3.63) is 35.4 Å². The Morgan fingerprint density at radius 3 is 2.20 bits per heavy atom. The second kappa shape index (κ2) is 6.59. The molecule has 0 aliphatic carbocycles. The summed E-state index contributed by atoms with van der Waals surface area (Å²) >= 11 is 0. The predicted octanol–water partition coefficient (Wildman–Crippen LogP) is 2.92. The molecule has 112 valence electrons. The highest BCUT2D eigenvalue weighted by Crippen LogP contribution is 2.29. The highest BCUT2D eigenvalue weighted by Gasteiger charge is 2.30. The lowest BCUT2D eigenvalue weighted by atomic mass is 9.98. The lowest BCUT2D eigenvalue weighted by molar-refractivity contribution is -0.137. The molecule has 1 aliphatic heterocycles. The van der Waals surface area contributed by atoms with Gasteiger partial charge in [0.05, 0.1) is 5.56 Å². The van der Waals surface area contributed by atoms with Crippen LogP contribution >= 0.6 is 0 Å². The van der Waals surface area contributed by atoms with E-state index in [0.29, 0.717) is 12.5 Å². The van der Waals surface area contributed by atoms with Gasteiger partial charge in [0.15, 0.2) is 0 Å². The lowest BCUT2D eigenvalue weighted by Gasteiger charge is -2.22. The van der Waals surface area contributed by atoms with E-state index in [2.05, 4.69) is 4.90 Å². The van der Waals surface area contributed by atoms with Crippen LogP contribution in [0.25, 0.3) is 0 Å². The molecule has 2 N–H and O–H groups in total. The van der Waals surface area contributed by atoms with Gasteiger partial charge in [-0.2, -0.15) is 13.2 Å². The summed E-state index contributed by atoms with van der Waals surface area (Å²) in [5, 5.41) is 0. The van der Waals surface area contributed by atoms with Crippen LogP contribution in [0.4, 0.5) is 13.2 Å². The van der Waals surface area contributed by atoms with Crippen molar-refractivity contribution in [2.24, 2.45) is 11.7 Å². The van der Waals surface area contributed by atoms with Crippen molar-refractivity contribution in [3.63, 3.8) is 0 Å². The third-order valence-electron chi connectivity index (χ3n) is 3.85. The molecule has 1 heterocycles. The Balaban J connectivity index is 1.93. The predicted molar refractivity (Wildman–Crippen MR) is 73.4 cm³/mol. The van der Waals surface area contributed by atoms with Crippen molar-refractivity contribution in [1.82, 2.24) is 4.90 Å². The molecule has 0 bridgehead atoms. The third-order valence-corrected chi connectivity index (χ3v) is 3.85. The van der Waals surface area contributed by atoms with Gasteiger partial charge < -0.3 is 10.6 Å². The molecule has 1 aromatic carbocycles. The maximum Gasteiger partial charge on any atom is 0.416 e. The van der Waals surface area contributed by atoms with Crippen LogP contribution in [0.15, 0.2) is 24.3 Å². The maximum atomic E-state index is 12.5. The summed E-state index contributed by atoms with van der Waals surface area (Å²) in [5.74, 6) is 0.310. The number of alkyl halides is 3. The zero-order valence-corrected chi connectivity index (χ0v) is 11.5. The van der Waals surface area contributed by atoms with E-state index in [0.717, 1.165) is 43.8 Å². The van der Waals surface area contributed by atoms with Crippen molar-refractivity contribution in [1.29, 1.82) is 0 Å². The van der Waals surface area contributed by atoms with Crippen molar-refractivity contribution >= 4 is 0 Å². The Hall–Kier alpha value is -1.07. The highest BCUT2D eigenvalue weighted by atomic mass is 19.4. The molecule has 1 saturated heterocycles. The van der Waals surface area contributed by atoms with E-state index >= 15 is 0 Å². The molecule has 0 spiro atoms. The molecular weight excluding hydrogens is 265 g/mol. The SMILES string of the molecule is NCC(Cc1ccc(C(F)(F)F)cc1)CN1CCCC1. The molecule has 2 nitrogen and oxygen atoms in total. The number of hydrogen-bond donors (Lipinski definition) is 1. The Kier molecular flexibility index (Phi) is 5.05. The number of nitrogens with zero attached hydrogens (tertiary/aromatic N) is 1. The number of rotatable bonds is 5. The zero-order chi connectivity index (χ0) is 14.6. The smallest absolute Gasteiger partial charge is 0.330 e. The molecule has 0 amide bonds. The largest absolute Gasteiger partial charge is 0.416 e. The van der Waals surface area contributed by atoms with Gasteiger partial charge in [-0.25, -0.2) is 0 Å². The van der Waals surface area contributed by atoms with Crippen LogP contribution in [0, 0.1) is 5.92 Å². The summed E-state index contributed by atoms with van der Waals surface area (Å²) in [6.07, 6.45) is -1.05. The average molecular weight is 286 g/mol. The van der Waals surface area contributed by atoms with Gasteiger partial charge in [0.25, 0.3) is 0 Å². The van der Waals surface area contributed by atoms with Gasteiger partial charge >= 0.3 is 6.18 Å². The molecule has 20 heavy (non-hydrogen) atoms. The Morgan fingerprint density at radius 1 is 1.10 bits per heavy atom. The second-order valence-electron chi connectivity index (χ2n) is 5.51. The van der Waals surface area contributed by atoms with Gasteiger partial charge in [0, 0.05) is 6.54 Å². The van der Waals surface area contributed by atoms with E-state index in [4.69, 9.17) is 5.73 Å².